The third kappa shape index (κ3) is 6.16. The molecule has 5 rings (SSSR count). The van der Waals surface area contributed by atoms with E-state index < -0.39 is 17.3 Å². The van der Waals surface area contributed by atoms with Crippen LogP contribution in [0.5, 0.6) is 11.5 Å². The molecule has 0 amide bonds. The van der Waals surface area contributed by atoms with Gasteiger partial charge in [-0.05, 0) is 64.0 Å². The average molecular weight is 677 g/mol. The van der Waals surface area contributed by atoms with Gasteiger partial charge in [-0.2, -0.15) is 22.9 Å². The van der Waals surface area contributed by atoms with Gasteiger partial charge in [-0.3, -0.25) is 4.79 Å². The molecule has 0 bridgehead atoms. The second kappa shape index (κ2) is 12.2. The Hall–Kier alpha value is -3.86. The highest BCUT2D eigenvalue weighted by Crippen LogP contribution is 2.42. The van der Waals surface area contributed by atoms with Crippen LogP contribution in [0.15, 0.2) is 93.2 Å². The number of methoxy groups -OCH3 is 1. The molecule has 0 aliphatic carbocycles. The molecule has 0 atom stereocenters. The minimum atomic E-state index is -4.59. The van der Waals surface area contributed by atoms with Crippen molar-refractivity contribution < 1.29 is 22.6 Å². The standard InChI is InChI=1S/C30H19BrCl2F3N3O3/c1-41-24-14-19(25(31)26(33)27(24)42-16-17-9-11-21(32)12-10-17)15-37-39-28(18-5-4-6-20(13-18)30(34,35)36)38-23-8-3-2-7-22(23)29(39)40/h2-15H,16H2,1H3. The van der Waals surface area contributed by atoms with Gasteiger partial charge in [0.2, 0.25) is 0 Å². The molecule has 0 fully saturated rings. The number of ether oxygens (including phenoxy) is 2. The first-order chi connectivity index (χ1) is 20.1. The number of fused-ring (bicyclic) bond motifs is 1. The lowest BCUT2D eigenvalue weighted by Gasteiger charge is -2.15. The van der Waals surface area contributed by atoms with Gasteiger partial charge in [0, 0.05) is 20.6 Å². The molecular weight excluding hydrogens is 658 g/mol. The third-order valence-electron chi connectivity index (χ3n) is 6.19. The van der Waals surface area contributed by atoms with Crippen molar-refractivity contribution in [2.75, 3.05) is 7.11 Å². The molecule has 1 heterocycles. The number of rotatable bonds is 7. The molecule has 0 spiro atoms. The molecule has 0 N–H and O–H groups in total. The number of aromatic nitrogens is 2. The number of nitrogens with zero attached hydrogens (tertiary/aromatic N) is 3. The van der Waals surface area contributed by atoms with Crippen LogP contribution in [-0.2, 0) is 12.8 Å². The summed E-state index contributed by atoms with van der Waals surface area (Å²) >= 11 is 16.0. The lowest BCUT2D eigenvalue weighted by Crippen LogP contribution is -2.20. The summed E-state index contributed by atoms with van der Waals surface area (Å²) < 4.78 is 53.2. The molecule has 0 radical (unpaired) electrons. The summed E-state index contributed by atoms with van der Waals surface area (Å²) in [4.78, 5) is 18.0. The van der Waals surface area contributed by atoms with Crippen LogP contribution in [-0.4, -0.2) is 23.0 Å². The summed E-state index contributed by atoms with van der Waals surface area (Å²) in [5, 5.41) is 5.36. The molecule has 4 aromatic carbocycles. The Kier molecular flexibility index (Phi) is 8.58. The topological polar surface area (TPSA) is 65.7 Å². The van der Waals surface area contributed by atoms with Gasteiger partial charge < -0.3 is 9.47 Å². The highest BCUT2D eigenvalue weighted by atomic mass is 79.9. The predicted octanol–water partition coefficient (Wildman–Crippen LogP) is 8.62. The molecular formula is C30H19BrCl2F3N3O3. The smallest absolute Gasteiger partial charge is 0.416 e. The van der Waals surface area contributed by atoms with Crippen molar-refractivity contribution in [2.24, 2.45) is 5.10 Å². The molecule has 0 aliphatic rings. The Morgan fingerprint density at radius 2 is 1.76 bits per heavy atom. The number of para-hydroxylation sites is 1. The van der Waals surface area contributed by atoms with E-state index >= 15 is 0 Å². The van der Waals surface area contributed by atoms with Gasteiger partial charge in [0.25, 0.3) is 5.56 Å². The number of hydrogen-bond donors (Lipinski definition) is 0. The first kappa shape index (κ1) is 29.6. The van der Waals surface area contributed by atoms with Gasteiger partial charge in [0.1, 0.15) is 11.6 Å². The lowest BCUT2D eigenvalue weighted by molar-refractivity contribution is -0.137. The average Bonchev–Trinajstić information content (AvgIpc) is 2.98. The molecule has 12 heteroatoms. The molecule has 0 saturated carbocycles. The van der Waals surface area contributed by atoms with E-state index in [0.29, 0.717) is 26.3 Å². The highest BCUT2D eigenvalue weighted by Gasteiger charge is 2.31. The van der Waals surface area contributed by atoms with Gasteiger partial charge >= 0.3 is 6.18 Å². The van der Waals surface area contributed by atoms with E-state index in [1.165, 1.54) is 25.5 Å². The largest absolute Gasteiger partial charge is 0.493 e. The first-order valence-corrected chi connectivity index (χ1v) is 13.8. The summed E-state index contributed by atoms with van der Waals surface area (Å²) in [6, 6.07) is 19.8. The van der Waals surface area contributed by atoms with Gasteiger partial charge in [-0.15, -0.1) is 0 Å². The molecule has 1 aromatic heterocycles. The normalized spacial score (nSPS) is 11.8. The fraction of sp³-hybridized carbons (Fsp3) is 0.100. The Balaban J connectivity index is 1.58. The maximum Gasteiger partial charge on any atom is 0.416 e. The van der Waals surface area contributed by atoms with Crippen molar-refractivity contribution in [3.63, 3.8) is 0 Å². The van der Waals surface area contributed by atoms with Crippen molar-refractivity contribution in [3.8, 4) is 22.9 Å². The Bertz CT molecular complexity index is 1880. The van der Waals surface area contributed by atoms with Gasteiger partial charge in [0.15, 0.2) is 17.3 Å². The molecule has 0 unspecified atom stereocenters. The van der Waals surface area contributed by atoms with Crippen LogP contribution in [0.4, 0.5) is 13.2 Å². The van der Waals surface area contributed by atoms with E-state index in [-0.39, 0.29) is 34.2 Å². The van der Waals surface area contributed by atoms with Crippen LogP contribution >= 0.6 is 39.1 Å². The monoisotopic (exact) mass is 675 g/mol. The van der Waals surface area contributed by atoms with Gasteiger partial charge in [0.05, 0.1) is 29.8 Å². The maximum absolute atomic E-state index is 13.5. The second-order valence-corrected chi connectivity index (χ2v) is 10.5. The quantitative estimate of drug-likeness (QED) is 0.162. The van der Waals surface area contributed by atoms with E-state index in [1.54, 1.807) is 42.5 Å². The van der Waals surface area contributed by atoms with Crippen molar-refractivity contribution in [1.29, 1.82) is 0 Å². The Morgan fingerprint density at radius 1 is 1.02 bits per heavy atom. The second-order valence-electron chi connectivity index (χ2n) is 8.93. The van der Waals surface area contributed by atoms with E-state index in [0.717, 1.165) is 22.4 Å². The van der Waals surface area contributed by atoms with Gasteiger partial charge in [-0.1, -0.05) is 59.6 Å². The van der Waals surface area contributed by atoms with Crippen molar-refractivity contribution in [1.82, 2.24) is 9.66 Å². The fourth-order valence-corrected chi connectivity index (χ4v) is 4.87. The summed E-state index contributed by atoms with van der Waals surface area (Å²) in [6.07, 6.45) is -3.26. The van der Waals surface area contributed by atoms with Gasteiger partial charge in [-0.25, -0.2) is 4.98 Å². The molecule has 6 nitrogen and oxygen atoms in total. The van der Waals surface area contributed by atoms with Crippen LogP contribution in [0.2, 0.25) is 10.0 Å². The lowest BCUT2D eigenvalue weighted by atomic mass is 10.1. The van der Waals surface area contributed by atoms with E-state index in [9.17, 15) is 18.0 Å². The zero-order valence-electron chi connectivity index (χ0n) is 21.6. The number of halogens is 6. The van der Waals surface area contributed by atoms with Crippen molar-refractivity contribution in [2.45, 2.75) is 12.8 Å². The Morgan fingerprint density at radius 3 is 2.48 bits per heavy atom. The molecule has 0 aliphatic heterocycles. The summed E-state index contributed by atoms with van der Waals surface area (Å²) in [7, 11) is 1.44. The minimum absolute atomic E-state index is 0.0606. The van der Waals surface area contributed by atoms with Crippen molar-refractivity contribution >= 4 is 56.2 Å². The maximum atomic E-state index is 13.5. The number of benzene rings is 4. The van der Waals surface area contributed by atoms with Crippen LogP contribution in [0.3, 0.4) is 0 Å². The third-order valence-corrected chi connectivity index (χ3v) is 7.88. The zero-order valence-corrected chi connectivity index (χ0v) is 24.7. The zero-order chi connectivity index (χ0) is 30.0. The molecule has 214 valence electrons. The van der Waals surface area contributed by atoms with Crippen LogP contribution in [0.1, 0.15) is 16.7 Å². The minimum Gasteiger partial charge on any atom is -0.493 e. The fourth-order valence-electron chi connectivity index (χ4n) is 4.09. The van der Waals surface area contributed by atoms with Crippen LogP contribution < -0.4 is 15.0 Å². The van der Waals surface area contributed by atoms with E-state index in [4.69, 9.17) is 32.7 Å². The van der Waals surface area contributed by atoms with Crippen LogP contribution in [0.25, 0.3) is 22.3 Å². The molecule has 42 heavy (non-hydrogen) atoms. The predicted molar refractivity (Wildman–Crippen MR) is 161 cm³/mol. The van der Waals surface area contributed by atoms with E-state index in [1.807, 2.05) is 12.1 Å². The highest BCUT2D eigenvalue weighted by molar-refractivity contribution is 9.10. The summed E-state index contributed by atoms with van der Waals surface area (Å²) in [6.45, 7) is 0.186. The van der Waals surface area contributed by atoms with Crippen molar-refractivity contribution in [3.05, 3.63) is 120 Å². The summed E-state index contributed by atoms with van der Waals surface area (Å²) in [5.41, 5.74) is 0.183. The number of alkyl halides is 3. The Labute approximate surface area is 256 Å². The SMILES string of the molecule is COc1cc(C=Nn2c(-c3cccc(C(F)(F)F)c3)nc3ccccc3c2=O)c(Br)c(Cl)c1OCc1ccc(Cl)cc1. The van der Waals surface area contributed by atoms with E-state index in [2.05, 4.69) is 26.0 Å². The summed E-state index contributed by atoms with van der Waals surface area (Å²) in [5.74, 6) is 0.492. The first-order valence-electron chi connectivity index (χ1n) is 12.2. The number of hydrogen-bond acceptors (Lipinski definition) is 5. The van der Waals surface area contributed by atoms with Crippen LogP contribution in [0, 0.1) is 0 Å². The molecule has 5 aromatic rings. The molecule has 0 saturated heterocycles.